The summed E-state index contributed by atoms with van der Waals surface area (Å²) in [6.07, 6.45) is 11.0. The topological polar surface area (TPSA) is 29.9 Å². The summed E-state index contributed by atoms with van der Waals surface area (Å²) < 4.78 is 2.20. The van der Waals surface area contributed by atoms with Crippen LogP contribution in [0.3, 0.4) is 0 Å². The van der Waals surface area contributed by atoms with Crippen LogP contribution in [-0.4, -0.2) is 22.4 Å². The number of rotatable bonds is 7. The van der Waals surface area contributed by atoms with Gasteiger partial charge in [-0.05, 0) is 38.3 Å². The lowest BCUT2D eigenvalue weighted by atomic mass is 10.1. The number of nitrogens with zero attached hydrogens (tertiary/aromatic N) is 2. The van der Waals surface area contributed by atoms with E-state index < -0.39 is 0 Å². The highest BCUT2D eigenvalue weighted by atomic mass is 15.3. The van der Waals surface area contributed by atoms with Crippen LogP contribution in [-0.2, 0) is 6.42 Å². The Kier molecular flexibility index (Phi) is 5.24. The van der Waals surface area contributed by atoms with Crippen LogP contribution in [0.25, 0.3) is 0 Å². The number of hydrogen-bond donors (Lipinski definition) is 1. The van der Waals surface area contributed by atoms with Crippen molar-refractivity contribution in [3.8, 4) is 0 Å². The number of hydrogen-bond acceptors (Lipinski definition) is 2. The first-order valence-electron chi connectivity index (χ1n) is 7.61. The second-order valence-corrected chi connectivity index (χ2v) is 5.49. The minimum absolute atomic E-state index is 0.580. The Morgan fingerprint density at radius 1 is 1.39 bits per heavy atom. The van der Waals surface area contributed by atoms with E-state index in [-0.39, 0.29) is 0 Å². The molecule has 18 heavy (non-hydrogen) atoms. The molecule has 1 saturated carbocycles. The first-order chi connectivity index (χ1) is 8.83. The molecule has 0 aliphatic heterocycles. The summed E-state index contributed by atoms with van der Waals surface area (Å²) in [5.74, 6) is 0. The Hall–Kier alpha value is -0.830. The van der Waals surface area contributed by atoms with E-state index in [2.05, 4.69) is 36.1 Å². The van der Waals surface area contributed by atoms with Crippen LogP contribution in [0.1, 0.15) is 64.1 Å². The third kappa shape index (κ3) is 3.58. The Labute approximate surface area is 111 Å². The molecule has 3 heteroatoms. The number of nitrogens with one attached hydrogen (secondary N) is 1. The van der Waals surface area contributed by atoms with Gasteiger partial charge in [-0.15, -0.1) is 0 Å². The molecule has 1 fully saturated rings. The predicted molar refractivity (Wildman–Crippen MR) is 75.8 cm³/mol. The summed E-state index contributed by atoms with van der Waals surface area (Å²) in [4.78, 5) is 0. The largest absolute Gasteiger partial charge is 0.314 e. The lowest BCUT2D eigenvalue weighted by Crippen LogP contribution is -2.31. The van der Waals surface area contributed by atoms with Crippen molar-refractivity contribution in [2.75, 3.05) is 6.54 Å². The van der Waals surface area contributed by atoms with Gasteiger partial charge in [0.15, 0.2) is 0 Å². The normalized spacial score (nSPS) is 18.3. The van der Waals surface area contributed by atoms with Crippen LogP contribution in [0.2, 0.25) is 0 Å². The van der Waals surface area contributed by atoms with Crippen molar-refractivity contribution in [2.45, 2.75) is 70.9 Å². The van der Waals surface area contributed by atoms with Gasteiger partial charge in [-0.2, -0.15) is 5.10 Å². The SMILES string of the molecule is CCCNC(CC)Cc1ccn(C2CCCC2)n1. The van der Waals surface area contributed by atoms with Gasteiger partial charge in [0.2, 0.25) is 0 Å². The van der Waals surface area contributed by atoms with Crippen LogP contribution >= 0.6 is 0 Å². The van der Waals surface area contributed by atoms with Crippen molar-refractivity contribution in [1.29, 1.82) is 0 Å². The van der Waals surface area contributed by atoms with Crippen LogP contribution < -0.4 is 5.32 Å². The Morgan fingerprint density at radius 3 is 2.83 bits per heavy atom. The average Bonchev–Trinajstić information content (AvgIpc) is 3.04. The zero-order chi connectivity index (χ0) is 12.8. The third-order valence-corrected chi connectivity index (χ3v) is 3.99. The summed E-state index contributed by atoms with van der Waals surface area (Å²) in [7, 11) is 0. The number of aromatic nitrogens is 2. The maximum Gasteiger partial charge on any atom is 0.0640 e. The van der Waals surface area contributed by atoms with Gasteiger partial charge in [0.05, 0.1) is 11.7 Å². The zero-order valence-electron chi connectivity index (χ0n) is 11.9. The minimum Gasteiger partial charge on any atom is -0.314 e. The van der Waals surface area contributed by atoms with Gasteiger partial charge >= 0.3 is 0 Å². The molecule has 0 bridgehead atoms. The predicted octanol–water partition coefficient (Wildman–Crippen LogP) is 3.32. The van der Waals surface area contributed by atoms with E-state index in [4.69, 9.17) is 5.10 Å². The lowest BCUT2D eigenvalue weighted by Gasteiger charge is -2.15. The molecule has 0 amide bonds. The van der Waals surface area contributed by atoms with E-state index >= 15 is 0 Å². The maximum atomic E-state index is 4.76. The van der Waals surface area contributed by atoms with E-state index in [1.54, 1.807) is 0 Å². The molecule has 1 aromatic heterocycles. The molecule has 0 aromatic carbocycles. The Bertz CT molecular complexity index is 339. The highest BCUT2D eigenvalue weighted by Crippen LogP contribution is 2.28. The molecule has 1 N–H and O–H groups in total. The molecule has 1 aliphatic rings. The van der Waals surface area contributed by atoms with E-state index in [9.17, 15) is 0 Å². The van der Waals surface area contributed by atoms with Gasteiger partial charge in [0.25, 0.3) is 0 Å². The first-order valence-corrected chi connectivity index (χ1v) is 7.61. The summed E-state index contributed by atoms with van der Waals surface area (Å²) in [5, 5.41) is 8.36. The lowest BCUT2D eigenvalue weighted by molar-refractivity contribution is 0.451. The van der Waals surface area contributed by atoms with Crippen molar-refractivity contribution < 1.29 is 0 Å². The molecule has 1 aromatic rings. The molecule has 1 atom stereocenters. The monoisotopic (exact) mass is 249 g/mol. The van der Waals surface area contributed by atoms with Gasteiger partial charge in [0.1, 0.15) is 0 Å². The summed E-state index contributed by atoms with van der Waals surface area (Å²) >= 11 is 0. The molecular weight excluding hydrogens is 222 g/mol. The third-order valence-electron chi connectivity index (χ3n) is 3.99. The van der Waals surface area contributed by atoms with Gasteiger partial charge < -0.3 is 5.32 Å². The molecule has 3 nitrogen and oxygen atoms in total. The van der Waals surface area contributed by atoms with E-state index in [1.165, 1.54) is 44.2 Å². The van der Waals surface area contributed by atoms with Crippen LogP contribution in [0.5, 0.6) is 0 Å². The molecule has 102 valence electrons. The molecule has 0 radical (unpaired) electrons. The fraction of sp³-hybridized carbons (Fsp3) is 0.800. The van der Waals surface area contributed by atoms with Crippen molar-refractivity contribution in [3.05, 3.63) is 18.0 Å². The Balaban J connectivity index is 1.88. The van der Waals surface area contributed by atoms with Crippen molar-refractivity contribution in [2.24, 2.45) is 0 Å². The molecule has 1 unspecified atom stereocenters. The first kappa shape index (κ1) is 13.6. The van der Waals surface area contributed by atoms with Crippen LogP contribution in [0.15, 0.2) is 12.3 Å². The van der Waals surface area contributed by atoms with Gasteiger partial charge in [-0.25, -0.2) is 0 Å². The highest BCUT2D eigenvalue weighted by molar-refractivity contribution is 5.02. The van der Waals surface area contributed by atoms with Gasteiger partial charge in [-0.1, -0.05) is 26.7 Å². The summed E-state index contributed by atoms with van der Waals surface area (Å²) in [6.45, 7) is 5.58. The fourth-order valence-electron chi connectivity index (χ4n) is 2.82. The quantitative estimate of drug-likeness (QED) is 0.803. The standard InChI is InChI=1S/C15H27N3/c1-3-10-16-13(4-2)12-14-9-11-18(17-14)15-7-5-6-8-15/h9,11,13,15-16H,3-8,10,12H2,1-2H3. The van der Waals surface area contributed by atoms with E-state index in [0.29, 0.717) is 12.1 Å². The van der Waals surface area contributed by atoms with Crippen molar-refractivity contribution in [1.82, 2.24) is 15.1 Å². The van der Waals surface area contributed by atoms with E-state index in [0.717, 1.165) is 13.0 Å². The zero-order valence-corrected chi connectivity index (χ0v) is 11.9. The second-order valence-electron chi connectivity index (χ2n) is 5.49. The van der Waals surface area contributed by atoms with Crippen LogP contribution in [0, 0.1) is 0 Å². The maximum absolute atomic E-state index is 4.76. The smallest absolute Gasteiger partial charge is 0.0640 e. The van der Waals surface area contributed by atoms with Crippen LogP contribution in [0.4, 0.5) is 0 Å². The van der Waals surface area contributed by atoms with E-state index in [1.807, 2.05) is 0 Å². The van der Waals surface area contributed by atoms with Gasteiger partial charge in [-0.3, -0.25) is 4.68 Å². The molecule has 0 spiro atoms. The molecule has 1 aliphatic carbocycles. The molecule has 1 heterocycles. The van der Waals surface area contributed by atoms with Crippen molar-refractivity contribution >= 4 is 0 Å². The fourth-order valence-corrected chi connectivity index (χ4v) is 2.82. The average molecular weight is 249 g/mol. The summed E-state index contributed by atoms with van der Waals surface area (Å²) in [6, 6.07) is 3.45. The minimum atomic E-state index is 0.580. The molecule has 0 saturated heterocycles. The van der Waals surface area contributed by atoms with Gasteiger partial charge in [0, 0.05) is 18.7 Å². The highest BCUT2D eigenvalue weighted by Gasteiger charge is 2.18. The van der Waals surface area contributed by atoms with Crippen molar-refractivity contribution in [3.63, 3.8) is 0 Å². The molecular formula is C15H27N3. The molecule has 2 rings (SSSR count). The summed E-state index contributed by atoms with van der Waals surface area (Å²) in [5.41, 5.74) is 1.25. The second kappa shape index (κ2) is 6.93. The Morgan fingerprint density at radius 2 is 2.17 bits per heavy atom.